The SMILES string of the molecule is Cc1nc(CN2CCCN(C(=O)C3(c4ccccc4F)CC3)CC2)n[nH]1. The van der Waals surface area contributed by atoms with E-state index in [4.69, 9.17) is 0 Å². The quantitative estimate of drug-likeness (QED) is 0.909. The van der Waals surface area contributed by atoms with Crippen LogP contribution in [0.3, 0.4) is 0 Å². The van der Waals surface area contributed by atoms with Crippen LogP contribution >= 0.6 is 0 Å². The normalized spacial score (nSPS) is 20.0. The molecule has 0 unspecified atom stereocenters. The maximum atomic E-state index is 14.2. The predicted molar refractivity (Wildman–Crippen MR) is 94.9 cm³/mol. The number of benzene rings is 1. The van der Waals surface area contributed by atoms with Gasteiger partial charge in [-0.05, 0) is 32.3 Å². The molecule has 1 amide bonds. The van der Waals surface area contributed by atoms with Crippen molar-refractivity contribution in [1.82, 2.24) is 25.0 Å². The molecular weight excluding hydrogens is 333 g/mol. The van der Waals surface area contributed by atoms with Crippen LogP contribution < -0.4 is 0 Å². The van der Waals surface area contributed by atoms with Gasteiger partial charge in [-0.15, -0.1) is 0 Å². The number of aromatic nitrogens is 3. The molecule has 0 atom stereocenters. The Hall–Kier alpha value is -2.28. The smallest absolute Gasteiger partial charge is 0.233 e. The van der Waals surface area contributed by atoms with Gasteiger partial charge in [0.1, 0.15) is 11.6 Å². The fourth-order valence-electron chi connectivity index (χ4n) is 3.87. The van der Waals surface area contributed by atoms with Crippen LogP contribution in [0, 0.1) is 12.7 Å². The van der Waals surface area contributed by atoms with E-state index in [1.54, 1.807) is 12.1 Å². The number of halogens is 1. The Morgan fingerprint density at radius 1 is 1.23 bits per heavy atom. The van der Waals surface area contributed by atoms with Gasteiger partial charge in [-0.2, -0.15) is 5.10 Å². The van der Waals surface area contributed by atoms with Crippen molar-refractivity contribution in [1.29, 1.82) is 0 Å². The molecule has 1 N–H and O–H groups in total. The first-order valence-corrected chi connectivity index (χ1v) is 9.23. The summed E-state index contributed by atoms with van der Waals surface area (Å²) < 4.78 is 14.2. The highest BCUT2D eigenvalue weighted by Gasteiger charge is 2.54. The van der Waals surface area contributed by atoms with E-state index in [9.17, 15) is 9.18 Å². The number of H-pyrrole nitrogens is 1. The van der Waals surface area contributed by atoms with Crippen LogP contribution in [-0.2, 0) is 16.8 Å². The Bertz CT molecular complexity index is 801. The first kappa shape index (κ1) is 17.1. The zero-order valence-corrected chi connectivity index (χ0v) is 15.0. The lowest BCUT2D eigenvalue weighted by atomic mass is 9.93. The number of hydrogen-bond donors (Lipinski definition) is 1. The van der Waals surface area contributed by atoms with Crippen LogP contribution in [-0.4, -0.2) is 57.1 Å². The highest BCUT2D eigenvalue weighted by molar-refractivity contribution is 5.91. The molecule has 1 aromatic heterocycles. The Morgan fingerprint density at radius 3 is 2.73 bits per heavy atom. The van der Waals surface area contributed by atoms with Crippen molar-refractivity contribution >= 4 is 5.91 Å². The molecule has 26 heavy (non-hydrogen) atoms. The Labute approximate surface area is 152 Å². The van der Waals surface area contributed by atoms with Gasteiger partial charge in [-0.3, -0.25) is 14.8 Å². The van der Waals surface area contributed by atoms with Gasteiger partial charge in [0.15, 0.2) is 5.82 Å². The summed E-state index contributed by atoms with van der Waals surface area (Å²) in [4.78, 5) is 21.7. The first-order chi connectivity index (χ1) is 12.6. The summed E-state index contributed by atoms with van der Waals surface area (Å²) in [6, 6.07) is 6.70. The number of carbonyl (C=O) groups excluding carboxylic acids is 1. The predicted octanol–water partition coefficient (Wildman–Crippen LogP) is 2.02. The molecule has 1 aromatic carbocycles. The molecule has 2 heterocycles. The average molecular weight is 357 g/mol. The van der Waals surface area contributed by atoms with Crippen molar-refractivity contribution < 1.29 is 9.18 Å². The molecule has 138 valence electrons. The van der Waals surface area contributed by atoms with E-state index in [-0.39, 0.29) is 11.7 Å². The zero-order valence-electron chi connectivity index (χ0n) is 15.0. The molecule has 0 bridgehead atoms. The summed E-state index contributed by atoms with van der Waals surface area (Å²) in [5.41, 5.74) is -0.0798. The van der Waals surface area contributed by atoms with E-state index in [1.165, 1.54) is 6.07 Å². The van der Waals surface area contributed by atoms with Crippen LogP contribution in [0.2, 0.25) is 0 Å². The van der Waals surface area contributed by atoms with E-state index in [2.05, 4.69) is 20.1 Å². The molecule has 6 nitrogen and oxygen atoms in total. The van der Waals surface area contributed by atoms with Gasteiger partial charge in [-0.25, -0.2) is 9.37 Å². The highest BCUT2D eigenvalue weighted by atomic mass is 19.1. The number of nitrogens with zero attached hydrogens (tertiary/aromatic N) is 4. The third-order valence-electron chi connectivity index (χ3n) is 5.43. The summed E-state index contributed by atoms with van der Waals surface area (Å²) in [5.74, 6) is 1.41. The second kappa shape index (κ2) is 6.79. The summed E-state index contributed by atoms with van der Waals surface area (Å²) in [7, 11) is 0. The molecule has 1 aliphatic carbocycles. The van der Waals surface area contributed by atoms with Crippen LogP contribution in [0.1, 0.15) is 36.5 Å². The van der Waals surface area contributed by atoms with E-state index >= 15 is 0 Å². The van der Waals surface area contributed by atoms with Crippen LogP contribution in [0.15, 0.2) is 24.3 Å². The van der Waals surface area contributed by atoms with Crippen LogP contribution in [0.4, 0.5) is 4.39 Å². The topological polar surface area (TPSA) is 65.1 Å². The lowest BCUT2D eigenvalue weighted by Crippen LogP contribution is -2.41. The Morgan fingerprint density at radius 2 is 2.04 bits per heavy atom. The Balaban J connectivity index is 1.42. The van der Waals surface area contributed by atoms with Crippen LogP contribution in [0.5, 0.6) is 0 Å². The molecule has 1 saturated carbocycles. The van der Waals surface area contributed by atoms with Crippen LogP contribution in [0.25, 0.3) is 0 Å². The summed E-state index contributed by atoms with van der Waals surface area (Å²) in [6.45, 7) is 5.65. The third-order valence-corrected chi connectivity index (χ3v) is 5.43. The molecule has 1 aliphatic heterocycles. The Kier molecular flexibility index (Phi) is 4.48. The first-order valence-electron chi connectivity index (χ1n) is 9.23. The lowest BCUT2D eigenvalue weighted by Gasteiger charge is -2.26. The number of aromatic amines is 1. The number of nitrogens with one attached hydrogen (secondary N) is 1. The standard InChI is InChI=1S/C19H24FN5O/c1-14-21-17(23-22-14)13-24-9-4-10-25(12-11-24)18(26)19(7-8-19)15-5-2-3-6-16(15)20/h2-3,5-6H,4,7-13H2,1H3,(H,21,22,23). The van der Waals surface area contributed by atoms with Crippen molar-refractivity contribution in [3.63, 3.8) is 0 Å². The molecule has 0 spiro atoms. The summed E-state index contributed by atoms with van der Waals surface area (Å²) >= 11 is 0. The van der Waals surface area contributed by atoms with E-state index in [0.29, 0.717) is 18.7 Å². The van der Waals surface area contributed by atoms with Crippen molar-refractivity contribution in [2.24, 2.45) is 0 Å². The molecule has 2 fully saturated rings. The fourth-order valence-corrected chi connectivity index (χ4v) is 3.87. The maximum Gasteiger partial charge on any atom is 0.233 e. The number of hydrogen-bond acceptors (Lipinski definition) is 4. The van der Waals surface area contributed by atoms with Gasteiger partial charge < -0.3 is 4.90 Å². The van der Waals surface area contributed by atoms with Crippen molar-refractivity contribution in [3.05, 3.63) is 47.3 Å². The monoisotopic (exact) mass is 357 g/mol. The molecule has 4 rings (SSSR count). The lowest BCUT2D eigenvalue weighted by molar-refractivity contribution is -0.133. The van der Waals surface area contributed by atoms with E-state index in [1.807, 2.05) is 17.9 Å². The molecule has 7 heteroatoms. The van der Waals surface area contributed by atoms with Gasteiger partial charge in [0.25, 0.3) is 0 Å². The van der Waals surface area contributed by atoms with Gasteiger partial charge in [0.2, 0.25) is 5.91 Å². The minimum Gasteiger partial charge on any atom is -0.341 e. The van der Waals surface area contributed by atoms with Crippen molar-refractivity contribution in [3.8, 4) is 0 Å². The third kappa shape index (κ3) is 3.23. The number of rotatable bonds is 4. The number of carbonyl (C=O) groups is 1. The van der Waals surface area contributed by atoms with Crippen molar-refractivity contribution in [2.75, 3.05) is 26.2 Å². The van der Waals surface area contributed by atoms with Gasteiger partial charge >= 0.3 is 0 Å². The van der Waals surface area contributed by atoms with E-state index < -0.39 is 5.41 Å². The molecule has 2 aliphatic rings. The highest BCUT2D eigenvalue weighted by Crippen LogP contribution is 2.50. The minimum atomic E-state index is -0.638. The fraction of sp³-hybridized carbons (Fsp3) is 0.526. The largest absolute Gasteiger partial charge is 0.341 e. The molecular formula is C19H24FN5O. The van der Waals surface area contributed by atoms with E-state index in [0.717, 1.165) is 50.5 Å². The maximum absolute atomic E-state index is 14.2. The minimum absolute atomic E-state index is 0.0817. The van der Waals surface area contributed by atoms with Gasteiger partial charge in [-0.1, -0.05) is 18.2 Å². The summed E-state index contributed by atoms with van der Waals surface area (Å²) in [6.07, 6.45) is 2.38. The number of amides is 1. The number of aryl methyl sites for hydroxylation is 1. The second-order valence-corrected chi connectivity index (χ2v) is 7.32. The van der Waals surface area contributed by atoms with Gasteiger partial charge in [0.05, 0.1) is 12.0 Å². The molecule has 1 saturated heterocycles. The zero-order chi connectivity index (χ0) is 18.1. The summed E-state index contributed by atoms with van der Waals surface area (Å²) in [5, 5.41) is 7.06. The van der Waals surface area contributed by atoms with Crippen molar-refractivity contribution in [2.45, 2.75) is 38.1 Å². The second-order valence-electron chi connectivity index (χ2n) is 7.32. The molecule has 0 radical (unpaired) electrons. The average Bonchev–Trinajstić information content (AvgIpc) is 3.38. The van der Waals surface area contributed by atoms with Gasteiger partial charge in [0, 0.05) is 31.7 Å². The molecule has 2 aromatic rings.